The van der Waals surface area contributed by atoms with Gasteiger partial charge in [-0.1, -0.05) is 30.3 Å². The van der Waals surface area contributed by atoms with Crippen molar-refractivity contribution in [2.45, 2.75) is 25.8 Å². The van der Waals surface area contributed by atoms with Gasteiger partial charge in [-0.25, -0.2) is 0 Å². The second-order valence-corrected chi connectivity index (χ2v) is 6.12. The van der Waals surface area contributed by atoms with Gasteiger partial charge < -0.3 is 21.1 Å². The molecule has 5 nitrogen and oxygen atoms in total. The van der Waals surface area contributed by atoms with Crippen LogP contribution in [0, 0.1) is 0 Å². The molecule has 1 atom stereocenters. The average Bonchev–Trinajstić information content (AvgIpc) is 2.62. The molecule has 1 amide bonds. The number of nitrogens with two attached hydrogens (primary N) is 1. The Morgan fingerprint density at radius 1 is 1.20 bits per heavy atom. The van der Waals surface area contributed by atoms with Crippen molar-refractivity contribution in [1.82, 2.24) is 5.32 Å². The maximum Gasteiger partial charge on any atom is 0.251 e. The third-order valence-corrected chi connectivity index (χ3v) is 4.02. The molecule has 2 rings (SSSR count). The summed E-state index contributed by atoms with van der Waals surface area (Å²) in [6.07, 6.45) is 2.01. The number of rotatable bonds is 9. The first-order valence-corrected chi connectivity index (χ1v) is 8.57. The highest BCUT2D eigenvalue weighted by atomic mass is 16.5. The van der Waals surface area contributed by atoms with Gasteiger partial charge in [0.2, 0.25) is 0 Å². The lowest BCUT2D eigenvalue weighted by molar-refractivity contribution is 0.0937. The van der Waals surface area contributed by atoms with Gasteiger partial charge in [0, 0.05) is 25.3 Å². The highest BCUT2D eigenvalue weighted by Gasteiger charge is 2.10. The van der Waals surface area contributed by atoms with Gasteiger partial charge >= 0.3 is 0 Å². The van der Waals surface area contributed by atoms with Crippen LogP contribution < -0.4 is 16.4 Å². The molecule has 0 radical (unpaired) electrons. The van der Waals surface area contributed by atoms with Crippen LogP contribution in [-0.2, 0) is 11.2 Å². The molecule has 2 aromatic rings. The molecule has 0 aliphatic heterocycles. The van der Waals surface area contributed by atoms with E-state index in [1.807, 2.05) is 12.1 Å². The smallest absolute Gasteiger partial charge is 0.251 e. The van der Waals surface area contributed by atoms with E-state index in [2.05, 4.69) is 41.8 Å². The third-order valence-electron chi connectivity index (χ3n) is 4.02. The first-order valence-electron chi connectivity index (χ1n) is 8.57. The summed E-state index contributed by atoms with van der Waals surface area (Å²) in [5.41, 5.74) is 9.41. The molecule has 0 heterocycles. The van der Waals surface area contributed by atoms with E-state index in [9.17, 15) is 4.79 Å². The number of benzene rings is 2. The van der Waals surface area contributed by atoms with Crippen LogP contribution >= 0.6 is 0 Å². The summed E-state index contributed by atoms with van der Waals surface area (Å²) in [6, 6.07) is 16.0. The zero-order chi connectivity index (χ0) is 18.1. The molecule has 134 valence electrons. The van der Waals surface area contributed by atoms with Crippen molar-refractivity contribution in [2.75, 3.05) is 31.3 Å². The number of hydrogen-bond donors (Lipinski definition) is 3. The molecular weight excluding hydrogens is 314 g/mol. The largest absolute Gasteiger partial charge is 0.397 e. The van der Waals surface area contributed by atoms with E-state index in [4.69, 9.17) is 10.5 Å². The second kappa shape index (κ2) is 9.69. The number of carbonyl (C=O) groups is 1. The van der Waals surface area contributed by atoms with Crippen LogP contribution in [0.2, 0.25) is 0 Å². The summed E-state index contributed by atoms with van der Waals surface area (Å²) in [6.45, 7) is 3.10. The number of aryl methyl sites for hydroxylation is 1. The standard InChI is InChI=1S/C20H27N3O2/c1-15(8-9-16-6-4-3-5-7-16)23-19-11-10-17(14-18(19)21)20(24)22-12-13-25-2/h3-7,10-11,14-15,23H,8-9,12-13,21H2,1-2H3,(H,22,24)/t15-/m0/s1. The quantitative estimate of drug-likeness (QED) is 0.484. The van der Waals surface area contributed by atoms with Crippen molar-refractivity contribution < 1.29 is 9.53 Å². The Morgan fingerprint density at radius 2 is 1.96 bits per heavy atom. The molecule has 0 aromatic heterocycles. The van der Waals surface area contributed by atoms with Crippen LogP contribution in [0.15, 0.2) is 48.5 Å². The van der Waals surface area contributed by atoms with Gasteiger partial charge in [-0.15, -0.1) is 0 Å². The number of hydrogen-bond acceptors (Lipinski definition) is 4. The Hall–Kier alpha value is -2.53. The molecule has 0 fully saturated rings. The van der Waals surface area contributed by atoms with Gasteiger partial charge in [-0.3, -0.25) is 4.79 Å². The van der Waals surface area contributed by atoms with Gasteiger partial charge in [-0.05, 0) is 43.5 Å². The van der Waals surface area contributed by atoms with Crippen LogP contribution in [-0.4, -0.2) is 32.2 Å². The van der Waals surface area contributed by atoms with Gasteiger partial charge in [0.25, 0.3) is 5.91 Å². The van der Waals surface area contributed by atoms with E-state index in [0.717, 1.165) is 18.5 Å². The van der Waals surface area contributed by atoms with Gasteiger partial charge in [0.1, 0.15) is 0 Å². The highest BCUT2D eigenvalue weighted by molar-refractivity contribution is 5.96. The first-order chi connectivity index (χ1) is 12.1. The molecule has 0 aliphatic carbocycles. The van der Waals surface area contributed by atoms with E-state index in [1.54, 1.807) is 19.2 Å². The van der Waals surface area contributed by atoms with Crippen LogP contribution in [0.3, 0.4) is 0 Å². The zero-order valence-electron chi connectivity index (χ0n) is 14.9. The summed E-state index contributed by atoms with van der Waals surface area (Å²) in [5.74, 6) is -0.146. The minimum absolute atomic E-state index is 0.146. The third kappa shape index (κ3) is 6.12. The number of amides is 1. The van der Waals surface area contributed by atoms with Crippen LogP contribution in [0.5, 0.6) is 0 Å². The minimum Gasteiger partial charge on any atom is -0.397 e. The Morgan fingerprint density at radius 3 is 2.64 bits per heavy atom. The van der Waals surface area contributed by atoms with Gasteiger partial charge in [-0.2, -0.15) is 0 Å². The lowest BCUT2D eigenvalue weighted by Gasteiger charge is -2.17. The predicted octanol–water partition coefficient (Wildman–Crippen LogP) is 3.08. The number of nitrogen functional groups attached to an aromatic ring is 1. The topological polar surface area (TPSA) is 76.4 Å². The Kier molecular flexibility index (Phi) is 7.29. The molecule has 4 N–H and O–H groups in total. The summed E-state index contributed by atoms with van der Waals surface area (Å²) >= 11 is 0. The van der Waals surface area contributed by atoms with Gasteiger partial charge in [0.05, 0.1) is 18.0 Å². The van der Waals surface area contributed by atoms with Crippen LogP contribution in [0.25, 0.3) is 0 Å². The molecule has 25 heavy (non-hydrogen) atoms. The lowest BCUT2D eigenvalue weighted by atomic mass is 10.1. The first kappa shape index (κ1) is 18.8. The molecule has 0 unspecified atom stereocenters. The van der Waals surface area contributed by atoms with Crippen LogP contribution in [0.1, 0.15) is 29.3 Å². The minimum atomic E-state index is -0.146. The maximum atomic E-state index is 12.0. The number of carbonyl (C=O) groups excluding carboxylic acids is 1. The Labute approximate surface area is 149 Å². The van der Waals surface area contributed by atoms with E-state index in [0.29, 0.717) is 24.4 Å². The number of ether oxygens (including phenoxy) is 1. The fraction of sp³-hybridized carbons (Fsp3) is 0.350. The van der Waals surface area contributed by atoms with E-state index in [-0.39, 0.29) is 11.9 Å². The molecule has 5 heteroatoms. The summed E-state index contributed by atoms with van der Waals surface area (Å²) in [7, 11) is 1.60. The number of anilines is 2. The average molecular weight is 341 g/mol. The van der Waals surface area contributed by atoms with Crippen molar-refractivity contribution in [3.05, 3.63) is 59.7 Å². The predicted molar refractivity (Wildman–Crippen MR) is 103 cm³/mol. The molecule has 0 spiro atoms. The molecule has 0 aliphatic rings. The summed E-state index contributed by atoms with van der Waals surface area (Å²) < 4.78 is 4.92. The SMILES string of the molecule is COCCNC(=O)c1ccc(N[C@@H](C)CCc2ccccc2)c(N)c1. The van der Waals surface area contributed by atoms with E-state index >= 15 is 0 Å². The normalized spacial score (nSPS) is 11.8. The molecular formula is C20H27N3O2. The second-order valence-electron chi connectivity index (χ2n) is 6.12. The number of nitrogens with one attached hydrogen (secondary N) is 2. The fourth-order valence-corrected chi connectivity index (χ4v) is 2.57. The van der Waals surface area contributed by atoms with E-state index in [1.165, 1.54) is 5.56 Å². The van der Waals surface area contributed by atoms with Gasteiger partial charge in [0.15, 0.2) is 0 Å². The van der Waals surface area contributed by atoms with Crippen molar-refractivity contribution in [1.29, 1.82) is 0 Å². The summed E-state index contributed by atoms with van der Waals surface area (Å²) in [5, 5.41) is 6.21. The highest BCUT2D eigenvalue weighted by Crippen LogP contribution is 2.21. The van der Waals surface area contributed by atoms with E-state index < -0.39 is 0 Å². The van der Waals surface area contributed by atoms with Crippen molar-refractivity contribution in [3.63, 3.8) is 0 Å². The molecule has 2 aromatic carbocycles. The van der Waals surface area contributed by atoms with Crippen LogP contribution in [0.4, 0.5) is 11.4 Å². The maximum absolute atomic E-state index is 12.0. The molecule has 0 saturated carbocycles. The van der Waals surface area contributed by atoms with Crippen molar-refractivity contribution >= 4 is 17.3 Å². The number of methoxy groups -OCH3 is 1. The Balaban J connectivity index is 1.88. The Bertz CT molecular complexity index is 674. The molecule has 0 bridgehead atoms. The lowest BCUT2D eigenvalue weighted by Crippen LogP contribution is -2.27. The van der Waals surface area contributed by atoms with Crippen molar-refractivity contribution in [3.8, 4) is 0 Å². The fourth-order valence-electron chi connectivity index (χ4n) is 2.57. The summed E-state index contributed by atoms with van der Waals surface area (Å²) in [4.78, 5) is 12.0. The zero-order valence-corrected chi connectivity index (χ0v) is 14.9. The van der Waals surface area contributed by atoms with Crippen molar-refractivity contribution in [2.24, 2.45) is 0 Å². The molecule has 0 saturated heterocycles. The monoisotopic (exact) mass is 341 g/mol.